The van der Waals surface area contributed by atoms with Crippen LogP contribution in [-0.4, -0.2) is 32.3 Å². The van der Waals surface area contributed by atoms with Crippen molar-refractivity contribution in [3.8, 4) is 5.75 Å². The number of benzene rings is 1. The van der Waals surface area contributed by atoms with E-state index in [1.165, 1.54) is 6.07 Å². The minimum atomic E-state index is -0.997. The fourth-order valence-corrected chi connectivity index (χ4v) is 2.39. The van der Waals surface area contributed by atoms with Crippen LogP contribution in [0.1, 0.15) is 36.7 Å². The third-order valence-electron chi connectivity index (χ3n) is 2.65. The molecule has 2 N–H and O–H groups in total. The maximum atomic E-state index is 11.9. The van der Waals surface area contributed by atoms with Gasteiger partial charge in [0.25, 0.3) is 5.91 Å². The van der Waals surface area contributed by atoms with Gasteiger partial charge < -0.3 is 10.4 Å². The predicted octanol–water partition coefficient (Wildman–Crippen LogP) is 1.98. The molecule has 0 bridgehead atoms. The third-order valence-corrected chi connectivity index (χ3v) is 4.59. The average Bonchev–Trinajstić information content (AvgIpc) is 2.30. The summed E-state index contributed by atoms with van der Waals surface area (Å²) in [4.78, 5) is 11.9. The van der Waals surface area contributed by atoms with Gasteiger partial charge in [0, 0.05) is 27.8 Å². The van der Waals surface area contributed by atoms with E-state index in [-0.39, 0.29) is 22.0 Å². The minimum absolute atomic E-state index is 0.0416. The van der Waals surface area contributed by atoms with Gasteiger partial charge in [-0.05, 0) is 39.8 Å². The van der Waals surface area contributed by atoms with Crippen molar-refractivity contribution in [2.75, 3.05) is 12.3 Å². The Morgan fingerprint density at radius 3 is 2.58 bits per heavy atom. The number of hydrogen-bond acceptors (Lipinski definition) is 3. The number of aryl methyl sites for hydroxylation is 1. The topological polar surface area (TPSA) is 66.4 Å². The van der Waals surface area contributed by atoms with Crippen molar-refractivity contribution in [1.82, 2.24) is 5.32 Å². The molecule has 0 heterocycles. The Morgan fingerprint density at radius 2 is 2.00 bits per heavy atom. The van der Waals surface area contributed by atoms with Crippen molar-refractivity contribution in [1.29, 1.82) is 0 Å². The summed E-state index contributed by atoms with van der Waals surface area (Å²) in [5, 5.41) is 12.3. The molecular weight excluding hydrogens is 262 g/mol. The van der Waals surface area contributed by atoms with Gasteiger partial charge in [-0.25, -0.2) is 0 Å². The van der Waals surface area contributed by atoms with Gasteiger partial charge in [-0.1, -0.05) is 11.6 Å². The molecule has 0 spiro atoms. The zero-order chi connectivity index (χ0) is 14.6. The molecular formula is C14H21NO3S. The molecule has 1 aromatic rings. The van der Waals surface area contributed by atoms with Crippen LogP contribution in [-0.2, 0) is 10.8 Å². The second kappa shape index (κ2) is 6.19. The van der Waals surface area contributed by atoms with Crippen molar-refractivity contribution in [2.24, 2.45) is 0 Å². The summed E-state index contributed by atoms with van der Waals surface area (Å²) < 4.78 is 11.5. The zero-order valence-electron chi connectivity index (χ0n) is 11.8. The molecule has 19 heavy (non-hydrogen) atoms. The van der Waals surface area contributed by atoms with E-state index in [4.69, 9.17) is 0 Å². The van der Waals surface area contributed by atoms with E-state index >= 15 is 0 Å². The van der Waals surface area contributed by atoms with Gasteiger partial charge in [-0.15, -0.1) is 0 Å². The highest BCUT2D eigenvalue weighted by Gasteiger charge is 2.19. The zero-order valence-corrected chi connectivity index (χ0v) is 12.6. The van der Waals surface area contributed by atoms with E-state index in [0.29, 0.717) is 12.3 Å². The van der Waals surface area contributed by atoms with Crippen LogP contribution in [0.3, 0.4) is 0 Å². The Kier molecular flexibility index (Phi) is 5.11. The van der Waals surface area contributed by atoms with Crippen molar-refractivity contribution >= 4 is 16.7 Å². The molecule has 1 amide bonds. The smallest absolute Gasteiger partial charge is 0.255 e. The Bertz CT molecular complexity index is 492. The van der Waals surface area contributed by atoms with E-state index in [1.54, 1.807) is 12.1 Å². The maximum Gasteiger partial charge on any atom is 0.255 e. The highest BCUT2D eigenvalue weighted by atomic mass is 32.2. The van der Waals surface area contributed by atoms with Crippen molar-refractivity contribution in [2.45, 2.75) is 32.4 Å². The van der Waals surface area contributed by atoms with Gasteiger partial charge in [0.1, 0.15) is 5.75 Å². The van der Waals surface area contributed by atoms with Crippen LogP contribution in [0, 0.1) is 6.92 Å². The van der Waals surface area contributed by atoms with Crippen LogP contribution in [0.5, 0.6) is 5.75 Å². The second-order valence-corrected chi connectivity index (χ2v) is 7.76. The van der Waals surface area contributed by atoms with Crippen LogP contribution in [0.4, 0.5) is 0 Å². The monoisotopic (exact) mass is 283 g/mol. The Labute approximate surface area is 116 Å². The van der Waals surface area contributed by atoms with Gasteiger partial charge in [-0.3, -0.25) is 9.00 Å². The van der Waals surface area contributed by atoms with Crippen LogP contribution in [0.2, 0.25) is 0 Å². The Hall–Kier alpha value is -1.36. The van der Waals surface area contributed by atoms with Crippen molar-refractivity contribution in [3.63, 3.8) is 0 Å². The molecule has 0 aliphatic heterocycles. The summed E-state index contributed by atoms with van der Waals surface area (Å²) in [6.45, 7) is 7.88. The number of aromatic hydroxyl groups is 1. The average molecular weight is 283 g/mol. The number of carbonyl (C=O) groups excluding carboxylic acids is 1. The van der Waals surface area contributed by atoms with Gasteiger partial charge in [0.05, 0.1) is 5.56 Å². The van der Waals surface area contributed by atoms with Gasteiger partial charge in [-0.2, -0.15) is 0 Å². The second-order valence-electron chi connectivity index (χ2n) is 5.44. The Balaban J connectivity index is 2.57. The number of carbonyl (C=O) groups is 1. The summed E-state index contributed by atoms with van der Waals surface area (Å²) in [6, 6.07) is 4.86. The Morgan fingerprint density at radius 1 is 1.37 bits per heavy atom. The molecule has 0 saturated heterocycles. The van der Waals surface area contributed by atoms with E-state index < -0.39 is 10.8 Å². The fourth-order valence-electron chi connectivity index (χ4n) is 1.49. The van der Waals surface area contributed by atoms with E-state index in [1.807, 2.05) is 27.7 Å². The van der Waals surface area contributed by atoms with E-state index in [9.17, 15) is 14.1 Å². The molecule has 1 atom stereocenters. The van der Waals surface area contributed by atoms with Crippen molar-refractivity contribution in [3.05, 3.63) is 29.3 Å². The molecule has 1 aromatic carbocycles. The molecule has 106 valence electrons. The fraction of sp³-hybridized carbons (Fsp3) is 0.500. The lowest BCUT2D eigenvalue weighted by Crippen LogP contribution is -2.32. The summed E-state index contributed by atoms with van der Waals surface area (Å²) in [5.74, 6) is 0.0223. The van der Waals surface area contributed by atoms with E-state index in [0.717, 1.165) is 5.56 Å². The van der Waals surface area contributed by atoms with Crippen LogP contribution < -0.4 is 5.32 Å². The molecule has 0 aliphatic carbocycles. The molecule has 0 unspecified atom stereocenters. The molecule has 0 fully saturated rings. The minimum Gasteiger partial charge on any atom is -0.507 e. The third kappa shape index (κ3) is 4.67. The largest absolute Gasteiger partial charge is 0.507 e. The SMILES string of the molecule is Cc1ccc(O)c(C(=O)NCC[S@](=O)C(C)(C)C)c1. The molecule has 0 radical (unpaired) electrons. The molecule has 0 aromatic heterocycles. The molecule has 4 nitrogen and oxygen atoms in total. The highest BCUT2D eigenvalue weighted by molar-refractivity contribution is 7.86. The lowest BCUT2D eigenvalue weighted by atomic mass is 10.1. The first kappa shape index (κ1) is 15.7. The quantitative estimate of drug-likeness (QED) is 0.888. The first-order chi connectivity index (χ1) is 8.71. The van der Waals surface area contributed by atoms with E-state index in [2.05, 4.69) is 5.32 Å². The van der Waals surface area contributed by atoms with Gasteiger partial charge in [0.15, 0.2) is 0 Å². The first-order valence-electron chi connectivity index (χ1n) is 6.18. The molecule has 0 saturated carbocycles. The van der Waals surface area contributed by atoms with Crippen molar-refractivity contribution < 1.29 is 14.1 Å². The summed E-state index contributed by atoms with van der Waals surface area (Å²) in [5.41, 5.74) is 1.16. The lowest BCUT2D eigenvalue weighted by Gasteiger charge is -2.17. The van der Waals surface area contributed by atoms with Crippen LogP contribution in [0.25, 0.3) is 0 Å². The van der Waals surface area contributed by atoms with Crippen LogP contribution in [0.15, 0.2) is 18.2 Å². The summed E-state index contributed by atoms with van der Waals surface area (Å²) >= 11 is 0. The normalized spacial score (nSPS) is 13.1. The molecule has 0 aliphatic rings. The molecule has 5 heteroatoms. The number of nitrogens with one attached hydrogen (secondary N) is 1. The number of rotatable bonds is 4. The highest BCUT2D eigenvalue weighted by Crippen LogP contribution is 2.17. The summed E-state index contributed by atoms with van der Waals surface area (Å²) in [6.07, 6.45) is 0. The first-order valence-corrected chi connectivity index (χ1v) is 7.50. The lowest BCUT2D eigenvalue weighted by molar-refractivity contribution is 0.0953. The number of phenolic OH excluding ortho intramolecular Hbond substituents is 1. The number of phenols is 1. The maximum absolute atomic E-state index is 11.9. The molecule has 1 rings (SSSR count). The van der Waals surface area contributed by atoms with Crippen LogP contribution >= 0.6 is 0 Å². The number of amides is 1. The van der Waals surface area contributed by atoms with Gasteiger partial charge >= 0.3 is 0 Å². The standard InChI is InChI=1S/C14H21NO3S/c1-10-5-6-12(16)11(9-10)13(17)15-7-8-19(18)14(2,3)4/h5-6,9,16H,7-8H2,1-4H3,(H,15,17)/t19-/m0/s1. The summed E-state index contributed by atoms with van der Waals surface area (Å²) in [7, 11) is -0.997. The predicted molar refractivity (Wildman–Crippen MR) is 77.9 cm³/mol. The number of hydrogen-bond donors (Lipinski definition) is 2. The van der Waals surface area contributed by atoms with Gasteiger partial charge in [0.2, 0.25) is 0 Å².